The van der Waals surface area contributed by atoms with Gasteiger partial charge < -0.3 is 10.3 Å². The third-order valence-electron chi connectivity index (χ3n) is 2.84. The van der Waals surface area contributed by atoms with Gasteiger partial charge in [-0.3, -0.25) is 4.79 Å². The highest BCUT2D eigenvalue weighted by Gasteiger charge is 2.37. The highest BCUT2D eigenvalue weighted by molar-refractivity contribution is 7.89. The fourth-order valence-electron chi connectivity index (χ4n) is 1.97. The largest absolute Gasteiger partial charge is 0.366 e. The summed E-state index contributed by atoms with van der Waals surface area (Å²) < 4.78 is 25.9. The molecule has 2 N–H and O–H groups in total. The van der Waals surface area contributed by atoms with Gasteiger partial charge >= 0.3 is 0 Å². The fourth-order valence-corrected chi connectivity index (χ4v) is 3.61. The Balaban J connectivity index is 2.35. The molecule has 1 amide bonds. The molecule has 1 atom stereocenters. The molecular formula is C10H15N3O3S. The second-order valence-electron chi connectivity index (χ2n) is 3.88. The van der Waals surface area contributed by atoms with Gasteiger partial charge in [0.05, 0.1) is 4.90 Å². The Labute approximate surface area is 100 Å². The van der Waals surface area contributed by atoms with E-state index in [1.807, 2.05) is 0 Å². The maximum Gasteiger partial charge on any atom is 0.245 e. The summed E-state index contributed by atoms with van der Waals surface area (Å²) in [5.41, 5.74) is 0. The lowest BCUT2D eigenvalue weighted by atomic mass is 10.2. The molecule has 2 rings (SSSR count). The van der Waals surface area contributed by atoms with Crippen LogP contribution in [0, 0.1) is 0 Å². The van der Waals surface area contributed by atoms with Crippen LogP contribution in [0.25, 0.3) is 0 Å². The predicted molar refractivity (Wildman–Crippen MR) is 61.8 cm³/mol. The summed E-state index contributed by atoms with van der Waals surface area (Å²) in [5.74, 6) is -0.224. The predicted octanol–water partition coefficient (Wildman–Crippen LogP) is -0.0862. The zero-order valence-electron chi connectivity index (χ0n) is 9.51. The Hall–Kier alpha value is -1.34. The minimum Gasteiger partial charge on any atom is -0.366 e. The van der Waals surface area contributed by atoms with Crippen LogP contribution in [-0.2, 0) is 14.8 Å². The first kappa shape index (κ1) is 12.1. The van der Waals surface area contributed by atoms with E-state index in [0.29, 0.717) is 19.5 Å². The minimum atomic E-state index is -3.57. The summed E-state index contributed by atoms with van der Waals surface area (Å²) >= 11 is 0. The maximum absolute atomic E-state index is 12.3. The summed E-state index contributed by atoms with van der Waals surface area (Å²) in [4.78, 5) is 14.5. The summed E-state index contributed by atoms with van der Waals surface area (Å²) in [6, 6.07) is 0.887. The van der Waals surface area contributed by atoms with E-state index in [0.717, 1.165) is 0 Å². The Morgan fingerprint density at radius 3 is 2.88 bits per heavy atom. The van der Waals surface area contributed by atoms with Crippen LogP contribution in [0.3, 0.4) is 0 Å². The zero-order chi connectivity index (χ0) is 12.5. The monoisotopic (exact) mass is 257 g/mol. The first-order valence-electron chi connectivity index (χ1n) is 5.49. The smallest absolute Gasteiger partial charge is 0.245 e. The normalized spacial score (nSPS) is 22.4. The van der Waals surface area contributed by atoms with Crippen LogP contribution < -0.4 is 5.32 Å². The molecule has 0 saturated carbocycles. The van der Waals surface area contributed by atoms with Crippen LogP contribution in [0.2, 0.25) is 0 Å². The van der Waals surface area contributed by atoms with Gasteiger partial charge in [-0.15, -0.1) is 0 Å². The number of sulfonamides is 1. The van der Waals surface area contributed by atoms with E-state index in [2.05, 4.69) is 10.3 Å². The molecule has 17 heavy (non-hydrogen) atoms. The number of nitrogens with one attached hydrogen (secondary N) is 2. The Kier molecular flexibility index (Phi) is 3.21. The number of aromatic amines is 1. The van der Waals surface area contributed by atoms with Gasteiger partial charge in [-0.2, -0.15) is 4.31 Å². The van der Waals surface area contributed by atoms with Crippen LogP contribution >= 0.6 is 0 Å². The molecule has 1 unspecified atom stereocenters. The van der Waals surface area contributed by atoms with Crippen molar-refractivity contribution in [3.05, 3.63) is 18.5 Å². The Morgan fingerprint density at radius 2 is 2.29 bits per heavy atom. The molecule has 1 fully saturated rings. The first-order chi connectivity index (χ1) is 8.07. The molecule has 1 saturated heterocycles. The van der Waals surface area contributed by atoms with Crippen molar-refractivity contribution in [3.8, 4) is 0 Å². The molecule has 6 nitrogen and oxygen atoms in total. The number of H-pyrrole nitrogens is 1. The summed E-state index contributed by atoms with van der Waals surface area (Å²) in [6.07, 6.45) is 3.45. The molecule has 2 heterocycles. The third-order valence-corrected chi connectivity index (χ3v) is 4.75. The van der Waals surface area contributed by atoms with Crippen LogP contribution in [0.5, 0.6) is 0 Å². The van der Waals surface area contributed by atoms with Crippen molar-refractivity contribution in [1.82, 2.24) is 14.6 Å². The van der Waals surface area contributed by atoms with Crippen LogP contribution in [0.4, 0.5) is 0 Å². The lowest BCUT2D eigenvalue weighted by Gasteiger charge is -2.33. The van der Waals surface area contributed by atoms with Crippen LogP contribution in [0.1, 0.15) is 13.3 Å². The van der Waals surface area contributed by atoms with E-state index in [1.54, 1.807) is 13.1 Å². The quantitative estimate of drug-likeness (QED) is 0.794. The molecule has 1 aromatic rings. The van der Waals surface area contributed by atoms with Crippen molar-refractivity contribution in [2.45, 2.75) is 24.3 Å². The Bertz CT molecular complexity index is 495. The number of carbonyl (C=O) groups excluding carboxylic acids is 1. The number of carbonyl (C=O) groups is 1. The van der Waals surface area contributed by atoms with Gasteiger partial charge in [-0.05, 0) is 12.5 Å². The second kappa shape index (κ2) is 4.50. The number of nitrogens with zero attached hydrogens (tertiary/aromatic N) is 1. The average molecular weight is 257 g/mol. The van der Waals surface area contributed by atoms with E-state index in [4.69, 9.17) is 0 Å². The molecule has 0 aliphatic carbocycles. The van der Waals surface area contributed by atoms with Crippen LogP contribution in [-0.4, -0.2) is 42.7 Å². The van der Waals surface area contributed by atoms with Crippen molar-refractivity contribution in [3.63, 3.8) is 0 Å². The number of amides is 1. The summed E-state index contributed by atoms with van der Waals surface area (Å²) in [7, 11) is -3.57. The number of hydrogen-bond donors (Lipinski definition) is 2. The van der Waals surface area contributed by atoms with Crippen molar-refractivity contribution in [1.29, 1.82) is 0 Å². The van der Waals surface area contributed by atoms with Gasteiger partial charge in [-0.25, -0.2) is 8.42 Å². The minimum absolute atomic E-state index is 0.200. The van der Waals surface area contributed by atoms with Gasteiger partial charge in [0.1, 0.15) is 6.04 Å². The molecule has 0 bridgehead atoms. The highest BCUT2D eigenvalue weighted by atomic mass is 32.2. The van der Waals surface area contributed by atoms with Gasteiger partial charge in [0.15, 0.2) is 0 Å². The molecule has 7 heteroatoms. The molecule has 94 valence electrons. The topological polar surface area (TPSA) is 82.3 Å². The van der Waals surface area contributed by atoms with E-state index in [9.17, 15) is 13.2 Å². The standard InChI is InChI=1S/C10H15N3O3S/c1-2-9-10(14)12-5-6-13(9)17(15,16)8-3-4-11-7-8/h3-4,7,9,11H,2,5-6H2,1H3,(H,12,14). The summed E-state index contributed by atoms with van der Waals surface area (Å²) in [6.45, 7) is 2.48. The van der Waals surface area contributed by atoms with E-state index >= 15 is 0 Å². The molecule has 0 radical (unpaired) electrons. The molecule has 0 spiro atoms. The van der Waals surface area contributed by atoms with Gasteiger partial charge in [0.2, 0.25) is 15.9 Å². The zero-order valence-corrected chi connectivity index (χ0v) is 10.3. The van der Waals surface area contributed by atoms with Crippen molar-refractivity contribution >= 4 is 15.9 Å². The van der Waals surface area contributed by atoms with E-state index in [-0.39, 0.29) is 10.8 Å². The lowest BCUT2D eigenvalue weighted by molar-refractivity contribution is -0.126. The summed E-state index contributed by atoms with van der Waals surface area (Å²) in [5, 5.41) is 2.68. The first-order valence-corrected chi connectivity index (χ1v) is 6.93. The van der Waals surface area contributed by atoms with Gasteiger partial charge in [0, 0.05) is 25.5 Å². The Morgan fingerprint density at radius 1 is 1.53 bits per heavy atom. The van der Waals surface area contributed by atoms with Gasteiger partial charge in [-0.1, -0.05) is 6.92 Å². The second-order valence-corrected chi connectivity index (χ2v) is 5.77. The van der Waals surface area contributed by atoms with Crippen molar-refractivity contribution < 1.29 is 13.2 Å². The number of aromatic nitrogens is 1. The SMILES string of the molecule is CCC1C(=O)NCCN1S(=O)(=O)c1cc[nH]c1. The third kappa shape index (κ3) is 2.07. The molecule has 1 aromatic heterocycles. The van der Waals surface area contributed by atoms with E-state index in [1.165, 1.54) is 16.6 Å². The number of hydrogen-bond acceptors (Lipinski definition) is 3. The highest BCUT2D eigenvalue weighted by Crippen LogP contribution is 2.20. The molecule has 1 aliphatic rings. The van der Waals surface area contributed by atoms with Gasteiger partial charge in [0.25, 0.3) is 0 Å². The maximum atomic E-state index is 12.3. The van der Waals surface area contributed by atoms with Crippen LogP contribution in [0.15, 0.2) is 23.4 Å². The fraction of sp³-hybridized carbons (Fsp3) is 0.500. The van der Waals surface area contributed by atoms with Crippen molar-refractivity contribution in [2.24, 2.45) is 0 Å². The molecular weight excluding hydrogens is 242 g/mol. The number of rotatable bonds is 3. The average Bonchev–Trinajstić information content (AvgIpc) is 2.82. The molecule has 1 aliphatic heterocycles. The van der Waals surface area contributed by atoms with E-state index < -0.39 is 16.1 Å². The molecule has 0 aromatic carbocycles. The lowest BCUT2D eigenvalue weighted by Crippen LogP contribution is -2.56. The van der Waals surface area contributed by atoms with Crippen molar-refractivity contribution in [2.75, 3.05) is 13.1 Å². The number of piperazine rings is 1.